The number of carbonyl (C=O) groups excluding carboxylic acids is 1. The van der Waals surface area contributed by atoms with E-state index in [-0.39, 0.29) is 5.91 Å². The van der Waals surface area contributed by atoms with E-state index in [0.717, 1.165) is 30.5 Å². The van der Waals surface area contributed by atoms with Gasteiger partial charge in [0.1, 0.15) is 0 Å². The van der Waals surface area contributed by atoms with Crippen molar-refractivity contribution in [2.75, 3.05) is 37.3 Å². The van der Waals surface area contributed by atoms with Gasteiger partial charge in [0.2, 0.25) is 0 Å². The molecular formula is C16H24N4O. The van der Waals surface area contributed by atoms with Crippen molar-refractivity contribution >= 4 is 17.3 Å². The van der Waals surface area contributed by atoms with Crippen LogP contribution in [0.3, 0.4) is 0 Å². The first-order valence-corrected chi connectivity index (χ1v) is 7.77. The molecule has 2 aliphatic rings. The molecule has 0 saturated heterocycles. The molecule has 5 heteroatoms. The van der Waals surface area contributed by atoms with Crippen molar-refractivity contribution in [3.63, 3.8) is 0 Å². The van der Waals surface area contributed by atoms with Crippen molar-refractivity contribution in [3.8, 4) is 0 Å². The summed E-state index contributed by atoms with van der Waals surface area (Å²) in [6, 6.07) is 6.86. The van der Waals surface area contributed by atoms with E-state index in [1.807, 2.05) is 18.2 Å². The highest BCUT2D eigenvalue weighted by atomic mass is 16.1. The maximum atomic E-state index is 12.3. The van der Waals surface area contributed by atoms with Crippen LogP contribution in [0.2, 0.25) is 0 Å². The largest absolute Gasteiger partial charge is 0.382 e. The van der Waals surface area contributed by atoms with Crippen LogP contribution in [0, 0.1) is 0 Å². The number of hydrogen-bond donors (Lipinski definition) is 3. The number of amides is 1. The zero-order chi connectivity index (χ0) is 14.8. The van der Waals surface area contributed by atoms with Gasteiger partial charge in [0, 0.05) is 37.3 Å². The highest BCUT2D eigenvalue weighted by Gasteiger charge is 2.29. The molecule has 1 atom stereocenters. The van der Waals surface area contributed by atoms with Gasteiger partial charge in [0.25, 0.3) is 5.91 Å². The molecule has 1 fully saturated rings. The molecule has 1 unspecified atom stereocenters. The van der Waals surface area contributed by atoms with Gasteiger partial charge >= 0.3 is 0 Å². The third-order valence-corrected chi connectivity index (χ3v) is 4.41. The Bertz CT molecular complexity index is 527. The number of nitrogens with one attached hydrogen (secondary N) is 3. The number of nitrogens with zero attached hydrogens (tertiary/aromatic N) is 1. The lowest BCUT2D eigenvalue weighted by Crippen LogP contribution is -2.41. The number of likely N-dealkylation sites (N-methyl/N-ethyl adjacent to an activating group) is 1. The van der Waals surface area contributed by atoms with Gasteiger partial charge in [-0.3, -0.25) is 9.69 Å². The molecule has 5 nitrogen and oxygen atoms in total. The maximum absolute atomic E-state index is 12.3. The predicted octanol–water partition coefficient (Wildman–Crippen LogP) is 1.74. The van der Waals surface area contributed by atoms with Crippen LogP contribution in [-0.4, -0.2) is 49.6 Å². The van der Waals surface area contributed by atoms with Gasteiger partial charge < -0.3 is 16.0 Å². The summed E-state index contributed by atoms with van der Waals surface area (Å²) in [6.45, 7) is 4.66. The summed E-state index contributed by atoms with van der Waals surface area (Å²) >= 11 is 0. The van der Waals surface area contributed by atoms with Crippen LogP contribution in [0.25, 0.3) is 0 Å². The van der Waals surface area contributed by atoms with E-state index >= 15 is 0 Å². The third kappa shape index (κ3) is 3.29. The highest BCUT2D eigenvalue weighted by Crippen LogP contribution is 2.27. The zero-order valence-corrected chi connectivity index (χ0v) is 12.8. The Morgan fingerprint density at radius 3 is 2.76 bits per heavy atom. The molecule has 0 bridgehead atoms. The monoisotopic (exact) mass is 288 g/mol. The highest BCUT2D eigenvalue weighted by molar-refractivity contribution is 5.96. The second-order valence-electron chi connectivity index (χ2n) is 6.07. The first-order valence-electron chi connectivity index (χ1n) is 7.77. The van der Waals surface area contributed by atoms with Gasteiger partial charge in [0.05, 0.1) is 11.4 Å². The van der Waals surface area contributed by atoms with Crippen LogP contribution in [-0.2, 0) is 0 Å². The molecule has 0 spiro atoms. The second-order valence-corrected chi connectivity index (χ2v) is 6.07. The van der Waals surface area contributed by atoms with Gasteiger partial charge in [-0.15, -0.1) is 0 Å². The SMILES string of the molecule is CC(CNC(=O)c1ccc2c(c1)NCCN2)N(C)C1CC1. The van der Waals surface area contributed by atoms with Crippen LogP contribution in [0.4, 0.5) is 11.4 Å². The number of fused-ring (bicyclic) bond motifs is 1. The fourth-order valence-electron chi connectivity index (χ4n) is 2.71. The smallest absolute Gasteiger partial charge is 0.251 e. The summed E-state index contributed by atoms with van der Waals surface area (Å²) in [4.78, 5) is 14.6. The van der Waals surface area contributed by atoms with E-state index in [4.69, 9.17) is 0 Å². The van der Waals surface area contributed by atoms with Crippen molar-refractivity contribution in [2.24, 2.45) is 0 Å². The van der Waals surface area contributed by atoms with E-state index in [2.05, 4.69) is 34.8 Å². The number of benzene rings is 1. The van der Waals surface area contributed by atoms with Crippen LogP contribution >= 0.6 is 0 Å². The van der Waals surface area contributed by atoms with Crippen molar-refractivity contribution in [3.05, 3.63) is 23.8 Å². The van der Waals surface area contributed by atoms with Gasteiger partial charge in [-0.1, -0.05) is 0 Å². The van der Waals surface area contributed by atoms with Gasteiger partial charge in [-0.2, -0.15) is 0 Å². The molecule has 1 aliphatic carbocycles. The van der Waals surface area contributed by atoms with Crippen LogP contribution in [0.1, 0.15) is 30.1 Å². The molecule has 3 rings (SSSR count). The molecule has 0 aromatic heterocycles. The third-order valence-electron chi connectivity index (χ3n) is 4.41. The Labute approximate surface area is 126 Å². The van der Waals surface area contributed by atoms with Crippen LogP contribution in [0.15, 0.2) is 18.2 Å². The van der Waals surface area contributed by atoms with Gasteiger partial charge in [-0.25, -0.2) is 0 Å². The summed E-state index contributed by atoms with van der Waals surface area (Å²) in [5.41, 5.74) is 2.79. The first-order chi connectivity index (χ1) is 10.1. The molecule has 1 heterocycles. The summed E-state index contributed by atoms with van der Waals surface area (Å²) in [5.74, 6) is 0.00113. The Kier molecular flexibility index (Phi) is 4.01. The Balaban J connectivity index is 1.57. The topological polar surface area (TPSA) is 56.4 Å². The fourth-order valence-corrected chi connectivity index (χ4v) is 2.71. The van der Waals surface area contributed by atoms with E-state index in [1.54, 1.807) is 0 Å². The summed E-state index contributed by atoms with van der Waals surface area (Å²) in [6.07, 6.45) is 2.58. The molecule has 1 aliphatic heterocycles. The summed E-state index contributed by atoms with van der Waals surface area (Å²) in [5, 5.41) is 9.67. The van der Waals surface area contributed by atoms with Crippen molar-refractivity contribution in [1.29, 1.82) is 0 Å². The molecule has 114 valence electrons. The zero-order valence-electron chi connectivity index (χ0n) is 12.8. The van der Waals surface area contributed by atoms with Crippen molar-refractivity contribution in [2.45, 2.75) is 31.8 Å². The summed E-state index contributed by atoms with van der Waals surface area (Å²) in [7, 11) is 2.14. The minimum atomic E-state index is 0.00113. The van der Waals surface area contributed by atoms with Crippen LogP contribution < -0.4 is 16.0 Å². The van der Waals surface area contributed by atoms with Crippen molar-refractivity contribution < 1.29 is 4.79 Å². The minimum Gasteiger partial charge on any atom is -0.382 e. The number of anilines is 2. The molecular weight excluding hydrogens is 264 g/mol. The average molecular weight is 288 g/mol. The molecule has 1 aromatic carbocycles. The van der Waals surface area contributed by atoms with E-state index in [0.29, 0.717) is 18.2 Å². The Morgan fingerprint density at radius 1 is 1.33 bits per heavy atom. The normalized spacial score (nSPS) is 18.4. The van der Waals surface area contributed by atoms with E-state index in [1.165, 1.54) is 12.8 Å². The molecule has 3 N–H and O–H groups in total. The maximum Gasteiger partial charge on any atom is 0.251 e. The lowest BCUT2D eigenvalue weighted by Gasteiger charge is -2.25. The summed E-state index contributed by atoms with van der Waals surface area (Å²) < 4.78 is 0. The van der Waals surface area contributed by atoms with Crippen LogP contribution in [0.5, 0.6) is 0 Å². The fraction of sp³-hybridized carbons (Fsp3) is 0.562. The number of rotatable bonds is 5. The quantitative estimate of drug-likeness (QED) is 0.772. The second kappa shape index (κ2) is 5.93. The lowest BCUT2D eigenvalue weighted by atomic mass is 10.1. The minimum absolute atomic E-state index is 0.00113. The van der Waals surface area contributed by atoms with E-state index < -0.39 is 0 Å². The molecule has 21 heavy (non-hydrogen) atoms. The lowest BCUT2D eigenvalue weighted by molar-refractivity contribution is 0.0939. The first kappa shape index (κ1) is 14.2. The average Bonchev–Trinajstić information content (AvgIpc) is 3.35. The Hall–Kier alpha value is -1.75. The predicted molar refractivity (Wildman–Crippen MR) is 86.0 cm³/mol. The molecule has 1 amide bonds. The van der Waals surface area contributed by atoms with Gasteiger partial charge in [-0.05, 0) is 45.0 Å². The Morgan fingerprint density at radius 2 is 2.05 bits per heavy atom. The number of hydrogen-bond acceptors (Lipinski definition) is 4. The number of carbonyl (C=O) groups is 1. The molecule has 0 radical (unpaired) electrons. The molecule has 1 aromatic rings. The molecule has 1 saturated carbocycles. The van der Waals surface area contributed by atoms with Gasteiger partial charge in [0.15, 0.2) is 0 Å². The van der Waals surface area contributed by atoms with E-state index in [9.17, 15) is 4.79 Å². The standard InChI is InChI=1S/C16H24N4O/c1-11(20(2)13-4-5-13)10-19-16(21)12-3-6-14-15(9-12)18-8-7-17-14/h3,6,9,11,13,17-18H,4-5,7-8,10H2,1-2H3,(H,19,21). The van der Waals surface area contributed by atoms with Crippen molar-refractivity contribution in [1.82, 2.24) is 10.2 Å².